The number of methoxy groups -OCH3 is 1. The lowest BCUT2D eigenvalue weighted by atomic mass is 10.2. The molecule has 0 N–H and O–H groups in total. The molecule has 0 aliphatic rings. The Morgan fingerprint density at radius 1 is 1.30 bits per heavy atom. The average Bonchev–Trinajstić information content (AvgIpc) is 2.37. The summed E-state index contributed by atoms with van der Waals surface area (Å²) in [5.41, 5.74) is -1.24. The third-order valence-corrected chi connectivity index (χ3v) is 4.91. The fourth-order valence-electron chi connectivity index (χ4n) is 1.59. The van der Waals surface area contributed by atoms with Crippen LogP contribution >= 0.6 is 0 Å². The van der Waals surface area contributed by atoms with Crippen molar-refractivity contribution in [2.24, 2.45) is 0 Å². The predicted octanol–water partition coefficient (Wildman–Crippen LogP) is 2.43. The van der Waals surface area contributed by atoms with Crippen molar-refractivity contribution in [3.8, 4) is 0 Å². The van der Waals surface area contributed by atoms with Crippen LogP contribution in [0.3, 0.4) is 0 Å². The normalized spacial score (nSPS) is 13.8. The average molecular weight is 310 g/mol. The van der Waals surface area contributed by atoms with Gasteiger partial charge in [0.1, 0.15) is 0 Å². The second-order valence-electron chi connectivity index (χ2n) is 4.13. The van der Waals surface area contributed by atoms with Crippen molar-refractivity contribution in [3.05, 3.63) is 29.8 Å². The quantitative estimate of drug-likeness (QED) is 0.801. The van der Waals surface area contributed by atoms with Crippen LogP contribution in [0.5, 0.6) is 0 Å². The molecule has 0 heterocycles. The van der Waals surface area contributed by atoms with Gasteiger partial charge in [-0.1, -0.05) is 12.1 Å². The van der Waals surface area contributed by atoms with Crippen molar-refractivity contribution in [3.63, 3.8) is 0 Å². The number of hydrogen-bond donors (Lipinski definition) is 0. The van der Waals surface area contributed by atoms with Crippen LogP contribution in [-0.2, 0) is 25.5 Å². The summed E-state index contributed by atoms with van der Waals surface area (Å²) < 4.78 is 67.1. The molecule has 1 rings (SSSR count). The number of alkyl halides is 3. The molecule has 1 atom stereocenters. The lowest BCUT2D eigenvalue weighted by molar-refractivity contribution is -0.140. The van der Waals surface area contributed by atoms with E-state index in [1.165, 1.54) is 13.0 Å². The molecule has 0 spiro atoms. The summed E-state index contributed by atoms with van der Waals surface area (Å²) in [6.07, 6.45) is -5.29. The number of esters is 1. The van der Waals surface area contributed by atoms with Crippen molar-refractivity contribution >= 4 is 15.8 Å². The van der Waals surface area contributed by atoms with Gasteiger partial charge in [0.25, 0.3) is 0 Å². The van der Waals surface area contributed by atoms with Crippen molar-refractivity contribution in [2.75, 3.05) is 7.11 Å². The second-order valence-corrected chi connectivity index (χ2v) is 6.46. The number of ether oxygens (including phenoxy) is 1. The predicted molar refractivity (Wildman–Crippen MR) is 64.7 cm³/mol. The Labute approximate surface area is 114 Å². The lowest BCUT2D eigenvalue weighted by Gasteiger charge is -2.16. The van der Waals surface area contributed by atoms with E-state index in [1.807, 2.05) is 0 Å². The summed E-state index contributed by atoms with van der Waals surface area (Å²) in [5.74, 6) is -0.800. The molecule has 0 bridgehead atoms. The summed E-state index contributed by atoms with van der Waals surface area (Å²) in [6.45, 7) is 1.17. The first-order valence-electron chi connectivity index (χ1n) is 5.57. The first-order valence-corrected chi connectivity index (χ1v) is 7.12. The van der Waals surface area contributed by atoms with Gasteiger partial charge in [0.2, 0.25) is 0 Å². The molecule has 0 saturated carbocycles. The van der Waals surface area contributed by atoms with Gasteiger partial charge in [-0.2, -0.15) is 13.2 Å². The zero-order chi connectivity index (χ0) is 15.6. The number of benzene rings is 1. The van der Waals surface area contributed by atoms with E-state index in [-0.39, 0.29) is 0 Å². The Bertz CT molecular complexity index is 593. The third kappa shape index (κ3) is 3.50. The smallest absolute Gasteiger partial charge is 0.417 e. The monoisotopic (exact) mass is 310 g/mol. The second kappa shape index (κ2) is 5.82. The molecule has 0 aliphatic carbocycles. The third-order valence-electron chi connectivity index (χ3n) is 2.71. The summed E-state index contributed by atoms with van der Waals surface area (Å²) >= 11 is 0. The van der Waals surface area contributed by atoms with E-state index in [1.54, 1.807) is 0 Å². The molecule has 1 unspecified atom stereocenters. The number of carbonyl (C=O) groups is 1. The molecule has 4 nitrogen and oxygen atoms in total. The summed E-state index contributed by atoms with van der Waals surface area (Å²) in [5, 5.41) is -1.31. The van der Waals surface area contributed by atoms with E-state index in [0.29, 0.717) is 6.07 Å². The van der Waals surface area contributed by atoms with Gasteiger partial charge in [-0.25, -0.2) is 8.42 Å². The zero-order valence-electron chi connectivity index (χ0n) is 10.8. The number of carbonyl (C=O) groups excluding carboxylic acids is 1. The highest BCUT2D eigenvalue weighted by Gasteiger charge is 2.38. The number of halogens is 3. The minimum Gasteiger partial charge on any atom is -0.469 e. The van der Waals surface area contributed by atoms with Gasteiger partial charge in [-0.15, -0.1) is 0 Å². The highest BCUT2D eigenvalue weighted by atomic mass is 32.2. The zero-order valence-corrected chi connectivity index (χ0v) is 11.6. The van der Waals surface area contributed by atoms with E-state index in [9.17, 15) is 26.4 Å². The SMILES string of the molecule is COC(=O)CC(C)S(=O)(=O)c1ccccc1C(F)(F)F. The summed E-state index contributed by atoms with van der Waals surface area (Å²) in [6, 6.07) is 3.88. The van der Waals surface area contributed by atoms with Crippen LogP contribution in [0.2, 0.25) is 0 Å². The molecular weight excluding hydrogens is 297 g/mol. The molecule has 20 heavy (non-hydrogen) atoms. The Balaban J connectivity index is 3.26. The van der Waals surface area contributed by atoms with Crippen molar-refractivity contribution < 1.29 is 31.1 Å². The molecule has 1 aromatic carbocycles. The summed E-state index contributed by atoms with van der Waals surface area (Å²) in [7, 11) is -3.20. The van der Waals surface area contributed by atoms with Gasteiger partial charge >= 0.3 is 12.1 Å². The van der Waals surface area contributed by atoms with Gasteiger partial charge in [0, 0.05) is 0 Å². The maximum absolute atomic E-state index is 12.8. The first-order chi connectivity index (χ1) is 9.10. The van der Waals surface area contributed by atoms with E-state index in [4.69, 9.17) is 0 Å². The molecule has 0 amide bonds. The van der Waals surface area contributed by atoms with Gasteiger partial charge < -0.3 is 4.74 Å². The van der Waals surface area contributed by atoms with Gasteiger partial charge in [-0.05, 0) is 19.1 Å². The van der Waals surface area contributed by atoms with Gasteiger partial charge in [0.15, 0.2) is 9.84 Å². The molecule has 0 fully saturated rings. The van der Waals surface area contributed by atoms with Crippen LogP contribution in [0, 0.1) is 0 Å². The van der Waals surface area contributed by atoms with E-state index >= 15 is 0 Å². The minimum absolute atomic E-state index is 0.509. The van der Waals surface area contributed by atoms with E-state index < -0.39 is 44.1 Å². The molecule has 112 valence electrons. The first kappa shape index (κ1) is 16.5. The fraction of sp³-hybridized carbons (Fsp3) is 0.417. The Morgan fingerprint density at radius 3 is 2.35 bits per heavy atom. The largest absolute Gasteiger partial charge is 0.469 e. The van der Waals surface area contributed by atoms with Gasteiger partial charge in [0.05, 0.1) is 29.2 Å². The number of sulfone groups is 1. The molecule has 1 aromatic rings. The molecule has 8 heteroatoms. The van der Waals surface area contributed by atoms with Crippen LogP contribution in [0.1, 0.15) is 18.9 Å². The maximum Gasteiger partial charge on any atom is 0.417 e. The topological polar surface area (TPSA) is 60.4 Å². The molecular formula is C12H13F3O4S. The van der Waals surface area contributed by atoms with Crippen molar-refractivity contribution in [1.82, 2.24) is 0 Å². The Hall–Kier alpha value is -1.57. The van der Waals surface area contributed by atoms with E-state index in [2.05, 4.69) is 4.74 Å². The number of rotatable bonds is 4. The Kier molecular flexibility index (Phi) is 4.80. The highest BCUT2D eigenvalue weighted by Crippen LogP contribution is 2.35. The number of hydrogen-bond acceptors (Lipinski definition) is 4. The maximum atomic E-state index is 12.8. The van der Waals surface area contributed by atoms with Crippen molar-refractivity contribution in [1.29, 1.82) is 0 Å². The minimum atomic E-state index is -4.78. The van der Waals surface area contributed by atoms with Crippen molar-refractivity contribution in [2.45, 2.75) is 29.7 Å². The van der Waals surface area contributed by atoms with Crippen LogP contribution in [0.25, 0.3) is 0 Å². The standard InChI is InChI=1S/C12H13F3O4S/c1-8(7-11(16)19-2)20(17,18)10-6-4-3-5-9(10)12(13,14)15/h3-6,8H,7H2,1-2H3. The fourth-order valence-corrected chi connectivity index (χ4v) is 3.14. The Morgan fingerprint density at radius 2 is 1.85 bits per heavy atom. The lowest BCUT2D eigenvalue weighted by Crippen LogP contribution is -2.24. The van der Waals surface area contributed by atoms with Crippen LogP contribution in [0.15, 0.2) is 29.2 Å². The summed E-state index contributed by atoms with van der Waals surface area (Å²) in [4.78, 5) is 10.2. The molecule has 0 aliphatic heterocycles. The van der Waals surface area contributed by atoms with E-state index in [0.717, 1.165) is 19.2 Å². The molecule has 0 radical (unpaired) electrons. The van der Waals surface area contributed by atoms with Crippen LogP contribution in [0.4, 0.5) is 13.2 Å². The molecule has 0 aromatic heterocycles. The van der Waals surface area contributed by atoms with Crippen LogP contribution < -0.4 is 0 Å². The highest BCUT2D eigenvalue weighted by molar-refractivity contribution is 7.92. The molecule has 0 saturated heterocycles. The van der Waals surface area contributed by atoms with Gasteiger partial charge in [-0.3, -0.25) is 4.79 Å². The van der Waals surface area contributed by atoms with Crippen LogP contribution in [-0.4, -0.2) is 26.7 Å².